The molecular formula is C22H27ClO11. The predicted octanol–water partition coefficient (Wildman–Crippen LogP) is 1.77. The Hall–Kier alpha value is -3.05. The van der Waals surface area contributed by atoms with Gasteiger partial charge >= 0.3 is 23.9 Å². The van der Waals surface area contributed by atoms with E-state index in [0.29, 0.717) is 5.75 Å². The molecule has 0 spiro atoms. The second kappa shape index (κ2) is 13.0. The molecule has 0 bridgehead atoms. The zero-order chi connectivity index (χ0) is 28.1. The van der Waals surface area contributed by atoms with Gasteiger partial charge in [0.1, 0.15) is 30.8 Å². The van der Waals surface area contributed by atoms with E-state index in [-0.39, 0.29) is 18.2 Å². The first-order chi connectivity index (χ1) is 18.3. The molecule has 0 radical (unpaired) electrons. The second-order valence-corrected chi connectivity index (χ2v) is 7.09. The summed E-state index contributed by atoms with van der Waals surface area (Å²) < 4.78 is 66.8. The molecule has 0 aliphatic carbocycles. The largest absolute Gasteiger partial charge is 0.492 e. The summed E-state index contributed by atoms with van der Waals surface area (Å²) in [5, 5.41) is 0. The zero-order valence-corrected chi connectivity index (χ0v) is 18.8. The number of hydrogen-bond acceptors (Lipinski definition) is 11. The monoisotopic (exact) mass is 506 g/mol. The molecule has 1 aromatic rings. The third-order valence-corrected chi connectivity index (χ3v) is 4.38. The Bertz CT molecular complexity index is 936. The Balaban J connectivity index is 2.45. The van der Waals surface area contributed by atoms with Crippen molar-refractivity contribution in [2.24, 2.45) is 0 Å². The van der Waals surface area contributed by atoms with Crippen LogP contribution in [0.15, 0.2) is 24.3 Å². The molecule has 0 saturated carbocycles. The first-order valence-corrected chi connectivity index (χ1v) is 10.3. The number of benzene rings is 1. The maximum atomic E-state index is 12.1. The van der Waals surface area contributed by atoms with E-state index in [1.807, 2.05) is 0 Å². The SMILES string of the molecule is [2H]CC(=O)OC[C@H]1OC(Oc2ccc(OCCCl)cc2)[C@H](OC(=O)C[2H])[C@@H](OC(=O)C[2H])[C@H]1OC(=O)C[2H]. The van der Waals surface area contributed by atoms with Crippen LogP contribution in [0, 0.1) is 0 Å². The van der Waals surface area contributed by atoms with E-state index in [1.54, 1.807) is 12.1 Å². The number of hydrogen-bond donors (Lipinski definition) is 0. The van der Waals surface area contributed by atoms with Crippen LogP contribution in [-0.4, -0.2) is 73.7 Å². The molecule has 1 unspecified atom stereocenters. The Morgan fingerprint density at radius 1 is 0.853 bits per heavy atom. The van der Waals surface area contributed by atoms with Crippen LogP contribution in [0.3, 0.4) is 0 Å². The highest BCUT2D eigenvalue weighted by Crippen LogP contribution is 2.31. The van der Waals surface area contributed by atoms with Gasteiger partial charge in [0.2, 0.25) is 12.4 Å². The molecule has 1 aromatic carbocycles. The van der Waals surface area contributed by atoms with Gasteiger partial charge in [-0.25, -0.2) is 0 Å². The van der Waals surface area contributed by atoms with Gasteiger partial charge in [0.05, 0.1) is 5.88 Å². The fourth-order valence-corrected chi connectivity index (χ4v) is 3.12. The summed E-state index contributed by atoms with van der Waals surface area (Å²) >= 11 is 5.61. The highest BCUT2D eigenvalue weighted by molar-refractivity contribution is 6.18. The van der Waals surface area contributed by atoms with Crippen LogP contribution in [0.25, 0.3) is 0 Å². The Morgan fingerprint density at radius 2 is 1.41 bits per heavy atom. The van der Waals surface area contributed by atoms with Crippen molar-refractivity contribution in [1.82, 2.24) is 0 Å². The van der Waals surface area contributed by atoms with E-state index >= 15 is 0 Å². The molecule has 5 atom stereocenters. The quantitative estimate of drug-likeness (QED) is 0.261. The van der Waals surface area contributed by atoms with E-state index < -0.39 is 88.8 Å². The summed E-state index contributed by atoms with van der Waals surface area (Å²) in [6, 6.07) is 6.09. The Morgan fingerprint density at radius 3 is 2.00 bits per heavy atom. The minimum atomic E-state index is -1.64. The van der Waals surface area contributed by atoms with Gasteiger partial charge < -0.3 is 33.2 Å². The van der Waals surface area contributed by atoms with Gasteiger partial charge in [-0.1, -0.05) is 0 Å². The number of esters is 4. The maximum absolute atomic E-state index is 12.1. The lowest BCUT2D eigenvalue weighted by Crippen LogP contribution is -2.63. The number of carbonyl (C=O) groups excluding carboxylic acids is 4. The Kier molecular flexibility index (Phi) is 8.21. The number of carbonyl (C=O) groups is 4. The molecule has 1 aliphatic rings. The lowest BCUT2D eigenvalue weighted by molar-refractivity contribution is -0.288. The van der Waals surface area contributed by atoms with E-state index in [0.717, 1.165) is 0 Å². The summed E-state index contributed by atoms with van der Waals surface area (Å²) in [6.07, 6.45) is -7.73. The molecule has 34 heavy (non-hydrogen) atoms. The fourth-order valence-electron chi connectivity index (χ4n) is 3.04. The standard InChI is InChI=1S/C22H27ClO11/c1-12(24)29-11-18-19(30-13(2)25)20(31-14(3)26)21(32-15(4)27)22(34-18)33-17-7-5-16(6-8-17)28-10-9-23/h5-8,18-22H,9-11H2,1-4H3/t18-,19+,20+,21-,22?/m1/s1/i1D,2D,3D,4D. The van der Waals surface area contributed by atoms with Crippen LogP contribution in [-0.2, 0) is 42.9 Å². The van der Waals surface area contributed by atoms with Crippen molar-refractivity contribution in [2.45, 2.75) is 58.3 Å². The third-order valence-electron chi connectivity index (χ3n) is 4.22. The van der Waals surface area contributed by atoms with E-state index in [9.17, 15) is 19.2 Å². The fraction of sp³-hybridized carbons (Fsp3) is 0.545. The first kappa shape index (κ1) is 21.5. The Labute approximate surface area is 207 Å². The highest BCUT2D eigenvalue weighted by atomic mass is 35.5. The van der Waals surface area contributed by atoms with Gasteiger partial charge in [-0.15, -0.1) is 11.6 Å². The molecule has 188 valence electrons. The lowest BCUT2D eigenvalue weighted by Gasteiger charge is -2.43. The summed E-state index contributed by atoms with van der Waals surface area (Å²) in [4.78, 5) is 47.8. The predicted molar refractivity (Wildman–Crippen MR) is 115 cm³/mol. The molecule has 0 N–H and O–H groups in total. The van der Waals surface area contributed by atoms with Crippen LogP contribution in [0.1, 0.15) is 33.1 Å². The zero-order valence-electron chi connectivity index (χ0n) is 22.0. The van der Waals surface area contributed by atoms with Crippen molar-refractivity contribution >= 4 is 35.5 Å². The third kappa shape index (κ3) is 8.38. The van der Waals surface area contributed by atoms with E-state index in [4.69, 9.17) is 50.2 Å². The number of rotatable bonds is 10. The average Bonchev–Trinajstić information content (AvgIpc) is 2.93. The van der Waals surface area contributed by atoms with Crippen molar-refractivity contribution < 1.29 is 57.8 Å². The van der Waals surface area contributed by atoms with Crippen molar-refractivity contribution in [1.29, 1.82) is 0 Å². The number of ether oxygens (including phenoxy) is 7. The average molecular weight is 507 g/mol. The minimum Gasteiger partial charge on any atom is -0.492 e. The van der Waals surface area contributed by atoms with E-state index in [1.165, 1.54) is 12.1 Å². The maximum Gasteiger partial charge on any atom is 0.303 e. The van der Waals surface area contributed by atoms with Gasteiger partial charge in [-0.05, 0) is 24.3 Å². The summed E-state index contributed by atoms with van der Waals surface area (Å²) in [5.74, 6) is -3.23. The minimum absolute atomic E-state index is 0.175. The molecule has 2 rings (SSSR count). The number of halogens is 1. The van der Waals surface area contributed by atoms with Crippen molar-refractivity contribution in [3.05, 3.63) is 24.3 Å². The van der Waals surface area contributed by atoms with Crippen molar-refractivity contribution in [3.63, 3.8) is 0 Å². The molecule has 1 saturated heterocycles. The normalized spacial score (nSPS) is 25.4. The van der Waals surface area contributed by atoms with Crippen LogP contribution in [0.5, 0.6) is 11.5 Å². The summed E-state index contributed by atoms with van der Waals surface area (Å²) in [6.45, 7) is -3.54. The summed E-state index contributed by atoms with van der Waals surface area (Å²) in [5.41, 5.74) is 0. The highest BCUT2D eigenvalue weighted by Gasteiger charge is 2.53. The summed E-state index contributed by atoms with van der Waals surface area (Å²) in [7, 11) is 0. The van der Waals surface area contributed by atoms with Gasteiger partial charge in [0.15, 0.2) is 12.2 Å². The molecule has 0 amide bonds. The molecule has 1 aliphatic heterocycles. The lowest BCUT2D eigenvalue weighted by atomic mass is 9.98. The van der Waals surface area contributed by atoms with Gasteiger partial charge in [-0.3, -0.25) is 19.2 Å². The first-order valence-electron chi connectivity index (χ1n) is 12.6. The van der Waals surface area contributed by atoms with Crippen molar-refractivity contribution in [3.8, 4) is 11.5 Å². The molecule has 1 fully saturated rings. The molecule has 1 heterocycles. The van der Waals surface area contributed by atoms with E-state index in [2.05, 4.69) is 0 Å². The van der Waals surface area contributed by atoms with Crippen LogP contribution in [0.4, 0.5) is 0 Å². The van der Waals surface area contributed by atoms with Gasteiger partial charge in [0.25, 0.3) is 0 Å². The van der Waals surface area contributed by atoms with Crippen LogP contribution in [0.2, 0.25) is 0 Å². The van der Waals surface area contributed by atoms with Gasteiger partial charge in [-0.2, -0.15) is 0 Å². The van der Waals surface area contributed by atoms with Crippen molar-refractivity contribution in [2.75, 3.05) is 19.1 Å². The molecular weight excluding hydrogens is 476 g/mol. The van der Waals surface area contributed by atoms with Crippen LogP contribution >= 0.6 is 11.6 Å². The smallest absolute Gasteiger partial charge is 0.303 e. The van der Waals surface area contributed by atoms with Gasteiger partial charge in [0, 0.05) is 33.1 Å². The molecule has 12 heteroatoms. The molecule has 11 nitrogen and oxygen atoms in total. The number of alkyl halides is 1. The van der Waals surface area contributed by atoms with Crippen LogP contribution < -0.4 is 9.47 Å². The molecule has 0 aromatic heterocycles. The topological polar surface area (TPSA) is 133 Å². The second-order valence-electron chi connectivity index (χ2n) is 6.72.